The van der Waals surface area contributed by atoms with Gasteiger partial charge in [0.2, 0.25) is 0 Å². The highest BCUT2D eigenvalue weighted by molar-refractivity contribution is 5.29. The van der Waals surface area contributed by atoms with E-state index >= 15 is 0 Å². The van der Waals surface area contributed by atoms with Crippen LogP contribution in [0.3, 0.4) is 0 Å². The van der Waals surface area contributed by atoms with Gasteiger partial charge in [0.15, 0.2) is 0 Å². The van der Waals surface area contributed by atoms with Crippen LogP contribution in [0.25, 0.3) is 0 Å². The SMILES string of the molecule is Cc1ccc(F)cc1C(N)CCO. The normalized spacial score (nSPS) is 12.9. The van der Waals surface area contributed by atoms with Gasteiger partial charge < -0.3 is 10.8 Å². The van der Waals surface area contributed by atoms with Gasteiger partial charge >= 0.3 is 0 Å². The van der Waals surface area contributed by atoms with Crippen molar-refractivity contribution >= 4 is 0 Å². The zero-order chi connectivity index (χ0) is 9.84. The summed E-state index contributed by atoms with van der Waals surface area (Å²) in [6.07, 6.45) is 0.463. The lowest BCUT2D eigenvalue weighted by molar-refractivity contribution is 0.276. The highest BCUT2D eigenvalue weighted by Crippen LogP contribution is 2.19. The molecule has 0 bridgehead atoms. The van der Waals surface area contributed by atoms with Crippen LogP contribution in [0.4, 0.5) is 4.39 Å². The monoisotopic (exact) mass is 183 g/mol. The highest BCUT2D eigenvalue weighted by Gasteiger charge is 2.08. The standard InChI is InChI=1S/C10H14FNO/c1-7-2-3-8(11)6-9(7)10(12)4-5-13/h2-3,6,10,13H,4-5,12H2,1H3. The molecule has 13 heavy (non-hydrogen) atoms. The minimum Gasteiger partial charge on any atom is -0.396 e. The summed E-state index contributed by atoms with van der Waals surface area (Å²) >= 11 is 0. The number of halogens is 1. The number of rotatable bonds is 3. The van der Waals surface area contributed by atoms with E-state index in [-0.39, 0.29) is 18.5 Å². The predicted molar refractivity (Wildman–Crippen MR) is 49.8 cm³/mol. The van der Waals surface area contributed by atoms with Crippen molar-refractivity contribution in [3.63, 3.8) is 0 Å². The van der Waals surface area contributed by atoms with E-state index in [1.807, 2.05) is 6.92 Å². The fourth-order valence-electron chi connectivity index (χ4n) is 1.31. The number of hydrogen-bond acceptors (Lipinski definition) is 2. The zero-order valence-corrected chi connectivity index (χ0v) is 7.63. The Bertz CT molecular complexity index is 288. The molecular formula is C10H14FNO. The first-order valence-corrected chi connectivity index (χ1v) is 4.27. The van der Waals surface area contributed by atoms with E-state index in [0.717, 1.165) is 11.1 Å². The number of benzene rings is 1. The van der Waals surface area contributed by atoms with Crippen LogP contribution in [0, 0.1) is 12.7 Å². The molecule has 0 fully saturated rings. The van der Waals surface area contributed by atoms with Crippen molar-refractivity contribution in [1.29, 1.82) is 0 Å². The third-order valence-electron chi connectivity index (χ3n) is 2.08. The van der Waals surface area contributed by atoms with Gasteiger partial charge in [-0.25, -0.2) is 4.39 Å². The Morgan fingerprint density at radius 2 is 2.23 bits per heavy atom. The number of nitrogens with two attached hydrogens (primary N) is 1. The number of hydrogen-bond donors (Lipinski definition) is 2. The van der Waals surface area contributed by atoms with Crippen molar-refractivity contribution < 1.29 is 9.50 Å². The summed E-state index contributed by atoms with van der Waals surface area (Å²) in [6.45, 7) is 1.91. The van der Waals surface area contributed by atoms with Crippen molar-refractivity contribution in [1.82, 2.24) is 0 Å². The molecule has 0 aliphatic heterocycles. The first kappa shape index (κ1) is 10.2. The molecular weight excluding hydrogens is 169 g/mol. The van der Waals surface area contributed by atoms with Crippen LogP contribution in [-0.2, 0) is 0 Å². The molecule has 0 spiro atoms. The van der Waals surface area contributed by atoms with E-state index in [4.69, 9.17) is 10.8 Å². The van der Waals surface area contributed by atoms with E-state index in [2.05, 4.69) is 0 Å². The molecule has 1 atom stereocenters. The summed E-state index contributed by atoms with van der Waals surface area (Å²) in [7, 11) is 0. The second kappa shape index (κ2) is 4.35. The maximum atomic E-state index is 12.8. The maximum absolute atomic E-state index is 12.8. The van der Waals surface area contributed by atoms with E-state index < -0.39 is 0 Å². The Hall–Kier alpha value is -0.930. The van der Waals surface area contributed by atoms with Crippen molar-refractivity contribution in [2.45, 2.75) is 19.4 Å². The maximum Gasteiger partial charge on any atom is 0.123 e. The van der Waals surface area contributed by atoms with Crippen LogP contribution in [0.5, 0.6) is 0 Å². The third-order valence-corrected chi connectivity index (χ3v) is 2.08. The predicted octanol–water partition coefficient (Wildman–Crippen LogP) is 1.52. The third kappa shape index (κ3) is 2.50. The smallest absolute Gasteiger partial charge is 0.123 e. The van der Waals surface area contributed by atoms with E-state index in [1.165, 1.54) is 12.1 Å². The van der Waals surface area contributed by atoms with Gasteiger partial charge in [0.25, 0.3) is 0 Å². The molecule has 3 N–H and O–H groups in total. The summed E-state index contributed by atoms with van der Waals surface area (Å²) in [4.78, 5) is 0. The van der Waals surface area contributed by atoms with Crippen LogP contribution in [0.15, 0.2) is 18.2 Å². The van der Waals surface area contributed by atoms with Gasteiger partial charge in [0.1, 0.15) is 5.82 Å². The molecule has 0 aromatic heterocycles. The molecule has 0 aliphatic carbocycles. The summed E-state index contributed by atoms with van der Waals surface area (Å²) in [5, 5.41) is 8.68. The molecule has 0 saturated heterocycles. The lowest BCUT2D eigenvalue weighted by Gasteiger charge is -2.13. The highest BCUT2D eigenvalue weighted by atomic mass is 19.1. The van der Waals surface area contributed by atoms with E-state index in [1.54, 1.807) is 6.07 Å². The van der Waals surface area contributed by atoms with Crippen molar-refractivity contribution in [3.05, 3.63) is 35.1 Å². The Labute approximate surface area is 77.2 Å². The van der Waals surface area contributed by atoms with Crippen LogP contribution < -0.4 is 5.73 Å². The molecule has 0 saturated carbocycles. The minimum absolute atomic E-state index is 0.0249. The molecule has 1 unspecified atom stereocenters. The minimum atomic E-state index is -0.283. The molecule has 0 amide bonds. The fourth-order valence-corrected chi connectivity index (χ4v) is 1.31. The summed E-state index contributed by atoms with van der Waals surface area (Å²) in [5.41, 5.74) is 7.48. The van der Waals surface area contributed by atoms with Crippen molar-refractivity contribution in [3.8, 4) is 0 Å². The topological polar surface area (TPSA) is 46.2 Å². The van der Waals surface area contributed by atoms with Crippen LogP contribution in [0.2, 0.25) is 0 Å². The van der Waals surface area contributed by atoms with Crippen molar-refractivity contribution in [2.75, 3.05) is 6.61 Å². The molecule has 0 radical (unpaired) electrons. The molecule has 0 aliphatic rings. The second-order valence-electron chi connectivity index (χ2n) is 3.12. The van der Waals surface area contributed by atoms with Crippen LogP contribution >= 0.6 is 0 Å². The first-order valence-electron chi connectivity index (χ1n) is 4.27. The van der Waals surface area contributed by atoms with Gasteiger partial charge in [-0.05, 0) is 36.6 Å². The summed E-state index contributed by atoms with van der Waals surface area (Å²) < 4.78 is 12.8. The quantitative estimate of drug-likeness (QED) is 0.746. The Kier molecular flexibility index (Phi) is 3.39. The number of aryl methyl sites for hydroxylation is 1. The van der Waals surface area contributed by atoms with E-state index in [0.29, 0.717) is 6.42 Å². The van der Waals surface area contributed by atoms with E-state index in [9.17, 15) is 4.39 Å². The molecule has 1 aromatic carbocycles. The first-order chi connectivity index (χ1) is 6.15. The average Bonchev–Trinajstić information content (AvgIpc) is 2.09. The molecule has 2 nitrogen and oxygen atoms in total. The molecule has 72 valence electrons. The molecule has 0 heterocycles. The van der Waals surface area contributed by atoms with Crippen molar-refractivity contribution in [2.24, 2.45) is 5.73 Å². The molecule has 3 heteroatoms. The largest absolute Gasteiger partial charge is 0.396 e. The van der Waals surface area contributed by atoms with Crippen LogP contribution in [0.1, 0.15) is 23.6 Å². The number of aliphatic hydroxyl groups excluding tert-OH is 1. The van der Waals surface area contributed by atoms with Gasteiger partial charge in [0, 0.05) is 12.6 Å². The summed E-state index contributed by atoms with van der Waals surface area (Å²) in [6, 6.07) is 4.25. The lowest BCUT2D eigenvalue weighted by Crippen LogP contribution is -2.13. The fraction of sp³-hybridized carbons (Fsp3) is 0.400. The van der Waals surface area contributed by atoms with Crippen LogP contribution in [-0.4, -0.2) is 11.7 Å². The lowest BCUT2D eigenvalue weighted by atomic mass is 10.00. The van der Waals surface area contributed by atoms with Gasteiger partial charge in [0.05, 0.1) is 0 Å². The van der Waals surface area contributed by atoms with Gasteiger partial charge in [-0.1, -0.05) is 6.07 Å². The Morgan fingerprint density at radius 1 is 1.54 bits per heavy atom. The van der Waals surface area contributed by atoms with Gasteiger partial charge in [-0.3, -0.25) is 0 Å². The second-order valence-corrected chi connectivity index (χ2v) is 3.12. The van der Waals surface area contributed by atoms with Gasteiger partial charge in [-0.15, -0.1) is 0 Å². The molecule has 1 aromatic rings. The summed E-state index contributed by atoms with van der Waals surface area (Å²) in [5.74, 6) is -0.283. The Morgan fingerprint density at radius 3 is 2.85 bits per heavy atom. The van der Waals surface area contributed by atoms with Gasteiger partial charge in [-0.2, -0.15) is 0 Å². The zero-order valence-electron chi connectivity index (χ0n) is 7.63. The Balaban J connectivity index is 2.91. The average molecular weight is 183 g/mol. The molecule has 1 rings (SSSR count). The number of aliphatic hydroxyl groups is 1.